The van der Waals surface area contributed by atoms with Gasteiger partial charge in [0.25, 0.3) is 5.91 Å². The third-order valence-electron chi connectivity index (χ3n) is 4.52. The van der Waals surface area contributed by atoms with Gasteiger partial charge in [0.1, 0.15) is 0 Å². The van der Waals surface area contributed by atoms with Crippen LogP contribution in [0.25, 0.3) is 21.8 Å². The number of para-hydroxylation sites is 2. The number of amides is 2. The fraction of sp³-hybridized carbons (Fsp3) is 0.0952. The number of aromatic nitrogens is 2. The number of pyridine rings is 1. The molecular formula is C21H18N4O2. The molecule has 0 aliphatic heterocycles. The SMILES string of the molecule is NC(=O)c1ccccc1NC(=O)CCc1cc2c(cn1)[nH]c1ccccc12. The first-order chi connectivity index (χ1) is 13.1. The highest BCUT2D eigenvalue weighted by Crippen LogP contribution is 2.25. The molecule has 0 spiro atoms. The largest absolute Gasteiger partial charge is 0.366 e. The number of primary amides is 1. The van der Waals surface area contributed by atoms with E-state index in [9.17, 15) is 9.59 Å². The Morgan fingerprint density at radius 3 is 2.63 bits per heavy atom. The van der Waals surface area contributed by atoms with Crippen LogP contribution in [0.4, 0.5) is 5.69 Å². The fourth-order valence-corrected chi connectivity index (χ4v) is 3.19. The molecule has 6 heteroatoms. The molecular weight excluding hydrogens is 340 g/mol. The van der Waals surface area contributed by atoms with Crippen LogP contribution in [0, 0.1) is 0 Å². The van der Waals surface area contributed by atoms with E-state index in [1.54, 1.807) is 30.5 Å². The summed E-state index contributed by atoms with van der Waals surface area (Å²) in [6.07, 6.45) is 2.55. The maximum atomic E-state index is 12.3. The average Bonchev–Trinajstić information content (AvgIpc) is 3.04. The quantitative estimate of drug-likeness (QED) is 0.510. The number of carbonyl (C=O) groups is 2. The molecule has 0 saturated heterocycles. The van der Waals surface area contributed by atoms with E-state index in [4.69, 9.17) is 5.73 Å². The van der Waals surface area contributed by atoms with E-state index in [0.717, 1.165) is 27.5 Å². The number of benzene rings is 2. The van der Waals surface area contributed by atoms with Crippen molar-refractivity contribution in [3.63, 3.8) is 0 Å². The molecule has 134 valence electrons. The number of aromatic amines is 1. The summed E-state index contributed by atoms with van der Waals surface area (Å²) in [4.78, 5) is 31.5. The molecule has 0 unspecified atom stereocenters. The predicted octanol–water partition coefficient (Wildman–Crippen LogP) is 3.39. The number of carbonyl (C=O) groups excluding carboxylic acids is 2. The van der Waals surface area contributed by atoms with Crippen LogP contribution in [0.3, 0.4) is 0 Å². The van der Waals surface area contributed by atoms with Crippen molar-refractivity contribution in [2.45, 2.75) is 12.8 Å². The molecule has 2 aromatic heterocycles. The highest BCUT2D eigenvalue weighted by atomic mass is 16.2. The summed E-state index contributed by atoms with van der Waals surface area (Å²) in [5.74, 6) is -0.762. The molecule has 4 N–H and O–H groups in total. The van der Waals surface area contributed by atoms with Gasteiger partial charge in [0.2, 0.25) is 5.91 Å². The minimum absolute atomic E-state index is 0.190. The van der Waals surface area contributed by atoms with Crippen molar-refractivity contribution in [1.29, 1.82) is 0 Å². The van der Waals surface area contributed by atoms with E-state index in [1.807, 2.05) is 24.3 Å². The number of rotatable bonds is 5. The number of nitrogens with zero attached hydrogens (tertiary/aromatic N) is 1. The van der Waals surface area contributed by atoms with Crippen molar-refractivity contribution in [1.82, 2.24) is 9.97 Å². The number of nitrogens with one attached hydrogen (secondary N) is 2. The van der Waals surface area contributed by atoms with E-state index in [0.29, 0.717) is 17.7 Å². The van der Waals surface area contributed by atoms with Gasteiger partial charge in [-0.05, 0) is 30.7 Å². The Kier molecular flexibility index (Phi) is 4.30. The summed E-state index contributed by atoms with van der Waals surface area (Å²) < 4.78 is 0. The molecule has 2 heterocycles. The van der Waals surface area contributed by atoms with Gasteiger partial charge in [0.15, 0.2) is 0 Å². The normalized spacial score (nSPS) is 11.0. The zero-order valence-electron chi connectivity index (χ0n) is 14.5. The first kappa shape index (κ1) is 16.8. The first-order valence-corrected chi connectivity index (χ1v) is 8.66. The van der Waals surface area contributed by atoms with Gasteiger partial charge in [-0.25, -0.2) is 0 Å². The third kappa shape index (κ3) is 3.37. The van der Waals surface area contributed by atoms with Crippen LogP contribution in [-0.4, -0.2) is 21.8 Å². The van der Waals surface area contributed by atoms with Crippen LogP contribution in [0.2, 0.25) is 0 Å². The summed E-state index contributed by atoms with van der Waals surface area (Å²) in [7, 11) is 0. The van der Waals surface area contributed by atoms with Gasteiger partial charge in [-0.3, -0.25) is 14.6 Å². The second kappa shape index (κ2) is 6.92. The lowest BCUT2D eigenvalue weighted by molar-refractivity contribution is -0.116. The van der Waals surface area contributed by atoms with Gasteiger partial charge in [-0.2, -0.15) is 0 Å². The van der Waals surface area contributed by atoms with Crippen LogP contribution in [-0.2, 0) is 11.2 Å². The lowest BCUT2D eigenvalue weighted by Crippen LogP contribution is -2.18. The van der Waals surface area contributed by atoms with Gasteiger partial charge in [0, 0.05) is 28.4 Å². The predicted molar refractivity (Wildman–Crippen MR) is 106 cm³/mol. The standard InChI is InChI=1S/C21H18N4O2/c22-21(27)15-6-2-4-8-18(15)25-20(26)10-9-13-11-16-14-5-1-3-7-17(14)24-19(16)12-23-13/h1-8,11-12,24H,9-10H2,(H2,22,27)(H,25,26). The number of aryl methyl sites for hydroxylation is 1. The lowest BCUT2D eigenvalue weighted by Gasteiger charge is -2.08. The van der Waals surface area contributed by atoms with Gasteiger partial charge >= 0.3 is 0 Å². The average molecular weight is 358 g/mol. The second-order valence-electron chi connectivity index (χ2n) is 6.35. The minimum Gasteiger partial charge on any atom is -0.366 e. The Labute approximate surface area is 155 Å². The molecule has 0 aliphatic rings. The highest BCUT2D eigenvalue weighted by Gasteiger charge is 2.11. The van der Waals surface area contributed by atoms with Crippen molar-refractivity contribution in [3.05, 3.63) is 72.1 Å². The summed E-state index contributed by atoms with van der Waals surface area (Å²) in [5, 5.41) is 4.98. The van der Waals surface area contributed by atoms with Crippen LogP contribution in [0.1, 0.15) is 22.5 Å². The maximum Gasteiger partial charge on any atom is 0.250 e. The number of hydrogen-bond donors (Lipinski definition) is 3. The Bertz CT molecular complexity index is 1160. The second-order valence-corrected chi connectivity index (χ2v) is 6.35. The molecule has 0 aliphatic carbocycles. The smallest absolute Gasteiger partial charge is 0.250 e. The molecule has 0 bridgehead atoms. The number of hydrogen-bond acceptors (Lipinski definition) is 3. The van der Waals surface area contributed by atoms with Crippen LogP contribution < -0.4 is 11.1 Å². The fourth-order valence-electron chi connectivity index (χ4n) is 3.19. The molecule has 0 radical (unpaired) electrons. The van der Waals surface area contributed by atoms with Crippen LogP contribution in [0.5, 0.6) is 0 Å². The van der Waals surface area contributed by atoms with E-state index in [2.05, 4.69) is 21.4 Å². The molecule has 4 aromatic rings. The third-order valence-corrected chi connectivity index (χ3v) is 4.52. The topological polar surface area (TPSA) is 101 Å². The molecule has 2 amide bonds. The summed E-state index contributed by atoms with van der Waals surface area (Å²) in [5.41, 5.74) is 8.93. The van der Waals surface area contributed by atoms with Crippen molar-refractivity contribution >= 4 is 39.3 Å². The van der Waals surface area contributed by atoms with Crippen molar-refractivity contribution in [3.8, 4) is 0 Å². The molecule has 2 aromatic carbocycles. The van der Waals surface area contributed by atoms with Gasteiger partial charge < -0.3 is 16.0 Å². The summed E-state index contributed by atoms with van der Waals surface area (Å²) >= 11 is 0. The zero-order valence-corrected chi connectivity index (χ0v) is 14.5. The Morgan fingerprint density at radius 2 is 1.78 bits per heavy atom. The molecule has 6 nitrogen and oxygen atoms in total. The Balaban J connectivity index is 1.49. The Morgan fingerprint density at radius 1 is 1.00 bits per heavy atom. The van der Waals surface area contributed by atoms with Crippen molar-refractivity contribution in [2.24, 2.45) is 5.73 Å². The Hall–Kier alpha value is -3.67. The van der Waals surface area contributed by atoms with Gasteiger partial charge in [-0.15, -0.1) is 0 Å². The molecule has 0 fully saturated rings. The van der Waals surface area contributed by atoms with Crippen LogP contribution in [0.15, 0.2) is 60.8 Å². The zero-order chi connectivity index (χ0) is 18.8. The van der Waals surface area contributed by atoms with Gasteiger partial charge in [0.05, 0.1) is 23.0 Å². The first-order valence-electron chi connectivity index (χ1n) is 8.66. The number of H-pyrrole nitrogens is 1. The van der Waals surface area contributed by atoms with Gasteiger partial charge in [-0.1, -0.05) is 30.3 Å². The van der Waals surface area contributed by atoms with E-state index >= 15 is 0 Å². The van der Waals surface area contributed by atoms with Crippen molar-refractivity contribution in [2.75, 3.05) is 5.32 Å². The number of fused-ring (bicyclic) bond motifs is 3. The molecule has 4 rings (SSSR count). The summed E-state index contributed by atoms with van der Waals surface area (Å²) in [6, 6.07) is 16.8. The van der Waals surface area contributed by atoms with E-state index in [-0.39, 0.29) is 12.3 Å². The number of nitrogens with two attached hydrogens (primary N) is 1. The summed E-state index contributed by atoms with van der Waals surface area (Å²) in [6.45, 7) is 0. The van der Waals surface area contributed by atoms with Crippen molar-refractivity contribution < 1.29 is 9.59 Å². The molecule has 0 saturated carbocycles. The lowest BCUT2D eigenvalue weighted by atomic mass is 10.1. The highest BCUT2D eigenvalue weighted by molar-refractivity contribution is 6.07. The van der Waals surface area contributed by atoms with E-state index < -0.39 is 5.91 Å². The monoisotopic (exact) mass is 358 g/mol. The molecule has 27 heavy (non-hydrogen) atoms. The van der Waals surface area contributed by atoms with E-state index in [1.165, 1.54) is 0 Å². The minimum atomic E-state index is -0.572. The molecule has 0 atom stereocenters. The van der Waals surface area contributed by atoms with Crippen LogP contribution >= 0.6 is 0 Å². The number of anilines is 1. The maximum absolute atomic E-state index is 12.3.